The van der Waals surface area contributed by atoms with Crippen molar-refractivity contribution >= 4 is 38.4 Å². The van der Waals surface area contributed by atoms with Crippen molar-refractivity contribution in [2.75, 3.05) is 50.7 Å². The number of nitrogens with zero attached hydrogens (tertiary/aromatic N) is 4. The second-order valence-electron chi connectivity index (χ2n) is 6.32. The summed E-state index contributed by atoms with van der Waals surface area (Å²) in [6, 6.07) is 8.24. The molecular formula is C19H25BrN4O. The Kier molecular flexibility index (Phi) is 5.91. The molecule has 134 valence electrons. The van der Waals surface area contributed by atoms with Crippen LogP contribution in [0.5, 0.6) is 0 Å². The van der Waals surface area contributed by atoms with Crippen molar-refractivity contribution < 1.29 is 4.79 Å². The average molecular weight is 405 g/mol. The number of carbonyl (C=O) groups excluding carboxylic acids is 1. The molecule has 25 heavy (non-hydrogen) atoms. The van der Waals surface area contributed by atoms with Crippen molar-refractivity contribution in [1.82, 2.24) is 14.8 Å². The van der Waals surface area contributed by atoms with Gasteiger partial charge >= 0.3 is 0 Å². The standard InChI is InChI=1S/C19H25BrN4O/c1-3-22(4-2)14-19(25)24-11-9-23(10-12-24)18-7-8-21-17-6-5-15(20)13-16(17)18/h5-8,13H,3-4,9-12,14H2,1-2H3. The number of rotatable bonds is 5. The minimum atomic E-state index is 0.241. The van der Waals surface area contributed by atoms with E-state index in [1.54, 1.807) is 0 Å². The number of carbonyl (C=O) groups is 1. The largest absolute Gasteiger partial charge is 0.367 e. The Bertz CT molecular complexity index is 739. The third-order valence-corrected chi connectivity index (χ3v) is 5.40. The SMILES string of the molecule is CCN(CC)CC(=O)N1CCN(c2ccnc3ccc(Br)cc23)CC1. The average Bonchev–Trinajstić information content (AvgIpc) is 2.65. The molecule has 0 spiro atoms. The van der Waals surface area contributed by atoms with Crippen molar-refractivity contribution in [2.45, 2.75) is 13.8 Å². The summed E-state index contributed by atoms with van der Waals surface area (Å²) in [5.74, 6) is 0.241. The van der Waals surface area contributed by atoms with Gasteiger partial charge in [0.1, 0.15) is 0 Å². The molecule has 0 unspecified atom stereocenters. The minimum Gasteiger partial charge on any atom is -0.367 e. The van der Waals surface area contributed by atoms with E-state index < -0.39 is 0 Å². The summed E-state index contributed by atoms with van der Waals surface area (Å²) < 4.78 is 1.06. The number of likely N-dealkylation sites (N-methyl/N-ethyl adjacent to an activating group) is 1. The highest BCUT2D eigenvalue weighted by Gasteiger charge is 2.23. The van der Waals surface area contributed by atoms with Gasteiger partial charge in [-0.15, -0.1) is 0 Å². The second kappa shape index (κ2) is 8.15. The first kappa shape index (κ1) is 18.1. The summed E-state index contributed by atoms with van der Waals surface area (Å²) in [6.07, 6.45) is 1.86. The van der Waals surface area contributed by atoms with Crippen molar-refractivity contribution in [1.29, 1.82) is 0 Å². The zero-order valence-corrected chi connectivity index (χ0v) is 16.5. The van der Waals surface area contributed by atoms with Gasteiger partial charge in [0, 0.05) is 47.9 Å². The summed E-state index contributed by atoms with van der Waals surface area (Å²) in [7, 11) is 0. The fraction of sp³-hybridized carbons (Fsp3) is 0.474. The lowest BCUT2D eigenvalue weighted by atomic mass is 10.1. The van der Waals surface area contributed by atoms with Gasteiger partial charge in [-0.1, -0.05) is 29.8 Å². The van der Waals surface area contributed by atoms with E-state index in [9.17, 15) is 4.79 Å². The van der Waals surface area contributed by atoms with E-state index in [0.717, 1.165) is 54.6 Å². The first-order valence-electron chi connectivity index (χ1n) is 8.91. The van der Waals surface area contributed by atoms with Crippen LogP contribution in [0.2, 0.25) is 0 Å². The van der Waals surface area contributed by atoms with Crippen LogP contribution < -0.4 is 4.90 Å². The maximum Gasteiger partial charge on any atom is 0.236 e. The van der Waals surface area contributed by atoms with E-state index >= 15 is 0 Å². The van der Waals surface area contributed by atoms with E-state index in [4.69, 9.17) is 0 Å². The molecule has 1 aromatic heterocycles. The van der Waals surface area contributed by atoms with E-state index in [2.05, 4.69) is 56.7 Å². The number of aromatic nitrogens is 1. The Morgan fingerprint density at radius 2 is 1.88 bits per heavy atom. The van der Waals surface area contributed by atoms with E-state index in [1.165, 1.54) is 5.69 Å². The van der Waals surface area contributed by atoms with Crippen molar-refractivity contribution in [3.8, 4) is 0 Å². The molecule has 1 aliphatic rings. The highest BCUT2D eigenvalue weighted by molar-refractivity contribution is 9.10. The number of halogens is 1. The number of anilines is 1. The third-order valence-electron chi connectivity index (χ3n) is 4.91. The number of amides is 1. The Morgan fingerprint density at radius 1 is 1.16 bits per heavy atom. The Morgan fingerprint density at radius 3 is 2.56 bits per heavy atom. The molecule has 0 aliphatic carbocycles. The molecular weight excluding hydrogens is 380 g/mol. The first-order chi connectivity index (χ1) is 12.1. The molecule has 1 amide bonds. The third kappa shape index (κ3) is 4.12. The predicted octanol–water partition coefficient (Wildman–Crippen LogP) is 2.99. The van der Waals surface area contributed by atoms with Gasteiger partial charge in [-0.3, -0.25) is 14.7 Å². The lowest BCUT2D eigenvalue weighted by molar-refractivity contribution is -0.132. The maximum atomic E-state index is 12.5. The molecule has 0 bridgehead atoms. The van der Waals surface area contributed by atoms with E-state index in [0.29, 0.717) is 6.54 Å². The monoisotopic (exact) mass is 404 g/mol. The minimum absolute atomic E-state index is 0.241. The zero-order chi connectivity index (χ0) is 17.8. The molecule has 5 nitrogen and oxygen atoms in total. The van der Waals surface area contributed by atoms with Crippen molar-refractivity contribution in [3.05, 3.63) is 34.9 Å². The number of hydrogen-bond donors (Lipinski definition) is 0. The summed E-state index contributed by atoms with van der Waals surface area (Å²) in [4.78, 5) is 23.5. The Balaban J connectivity index is 1.69. The number of fused-ring (bicyclic) bond motifs is 1. The molecule has 0 radical (unpaired) electrons. The van der Waals surface area contributed by atoms with Crippen LogP contribution in [0.25, 0.3) is 10.9 Å². The smallest absolute Gasteiger partial charge is 0.236 e. The molecule has 1 saturated heterocycles. The van der Waals surface area contributed by atoms with Crippen LogP contribution in [-0.4, -0.2) is 66.5 Å². The van der Waals surface area contributed by atoms with Crippen LogP contribution in [0.15, 0.2) is 34.9 Å². The van der Waals surface area contributed by atoms with Crippen molar-refractivity contribution in [2.24, 2.45) is 0 Å². The molecule has 1 aliphatic heterocycles. The van der Waals surface area contributed by atoms with Gasteiger partial charge in [-0.2, -0.15) is 0 Å². The fourth-order valence-corrected chi connectivity index (χ4v) is 3.68. The maximum absolute atomic E-state index is 12.5. The number of piperazine rings is 1. The van der Waals surface area contributed by atoms with Gasteiger partial charge in [0.2, 0.25) is 5.91 Å². The van der Waals surface area contributed by atoms with Crippen LogP contribution in [0.3, 0.4) is 0 Å². The van der Waals surface area contributed by atoms with E-state index in [1.807, 2.05) is 23.2 Å². The molecule has 0 atom stereocenters. The first-order valence-corrected chi connectivity index (χ1v) is 9.71. The van der Waals surface area contributed by atoms with Crippen molar-refractivity contribution in [3.63, 3.8) is 0 Å². The van der Waals surface area contributed by atoms with Crippen LogP contribution in [-0.2, 0) is 4.79 Å². The molecule has 1 fully saturated rings. The normalized spacial score (nSPS) is 15.2. The molecule has 2 heterocycles. The number of benzene rings is 1. The molecule has 3 rings (SSSR count). The highest BCUT2D eigenvalue weighted by atomic mass is 79.9. The molecule has 2 aromatic rings. The number of hydrogen-bond acceptors (Lipinski definition) is 4. The van der Waals surface area contributed by atoms with Crippen LogP contribution in [0.4, 0.5) is 5.69 Å². The molecule has 0 N–H and O–H groups in total. The zero-order valence-electron chi connectivity index (χ0n) is 14.9. The van der Waals surface area contributed by atoms with Gasteiger partial charge in [0.15, 0.2) is 0 Å². The number of pyridine rings is 1. The lowest BCUT2D eigenvalue weighted by Crippen LogP contribution is -2.51. The summed E-state index contributed by atoms with van der Waals surface area (Å²) in [6.45, 7) is 9.82. The second-order valence-corrected chi connectivity index (χ2v) is 7.24. The van der Waals surface area contributed by atoms with Gasteiger partial charge in [0.25, 0.3) is 0 Å². The molecule has 1 aromatic carbocycles. The Hall–Kier alpha value is -1.66. The molecule has 6 heteroatoms. The summed E-state index contributed by atoms with van der Waals surface area (Å²) >= 11 is 3.55. The molecule has 0 saturated carbocycles. The quantitative estimate of drug-likeness (QED) is 0.767. The van der Waals surface area contributed by atoms with Crippen LogP contribution in [0.1, 0.15) is 13.8 Å². The van der Waals surface area contributed by atoms with E-state index in [-0.39, 0.29) is 5.91 Å². The fourth-order valence-electron chi connectivity index (χ4n) is 3.31. The van der Waals surface area contributed by atoms with Gasteiger partial charge in [-0.05, 0) is 37.4 Å². The summed E-state index contributed by atoms with van der Waals surface area (Å²) in [5, 5.41) is 1.15. The Labute approximate surface area is 157 Å². The van der Waals surface area contributed by atoms with Crippen LogP contribution in [0, 0.1) is 0 Å². The topological polar surface area (TPSA) is 39.7 Å². The van der Waals surface area contributed by atoms with Gasteiger partial charge < -0.3 is 9.80 Å². The van der Waals surface area contributed by atoms with Gasteiger partial charge in [-0.25, -0.2) is 0 Å². The predicted molar refractivity (Wildman–Crippen MR) is 106 cm³/mol. The lowest BCUT2D eigenvalue weighted by Gasteiger charge is -2.37. The van der Waals surface area contributed by atoms with Crippen LogP contribution >= 0.6 is 15.9 Å². The summed E-state index contributed by atoms with van der Waals surface area (Å²) in [5.41, 5.74) is 2.20. The van der Waals surface area contributed by atoms with Gasteiger partial charge in [0.05, 0.1) is 12.1 Å². The highest BCUT2D eigenvalue weighted by Crippen LogP contribution is 2.28.